The molecule has 0 atom stereocenters. The van der Waals surface area contributed by atoms with Crippen LogP contribution in [0.4, 0.5) is 13.2 Å². The average molecular weight is 404 g/mol. The lowest BCUT2D eigenvalue weighted by molar-refractivity contribution is -0.137. The Morgan fingerprint density at radius 1 is 1.07 bits per heavy atom. The molecule has 0 radical (unpaired) electrons. The van der Waals surface area contributed by atoms with E-state index in [9.17, 15) is 18.0 Å². The van der Waals surface area contributed by atoms with Crippen molar-refractivity contribution in [2.45, 2.75) is 51.1 Å². The largest absolute Gasteiger partial charge is 0.416 e. The lowest BCUT2D eigenvalue weighted by Crippen LogP contribution is -2.43. The van der Waals surface area contributed by atoms with Gasteiger partial charge in [0.2, 0.25) is 5.91 Å². The van der Waals surface area contributed by atoms with E-state index in [1.165, 1.54) is 12.1 Å². The van der Waals surface area contributed by atoms with Crippen LogP contribution in [-0.4, -0.2) is 28.9 Å². The molecule has 1 saturated heterocycles. The molecule has 29 heavy (non-hydrogen) atoms. The molecule has 1 aliphatic heterocycles. The number of hydrogen-bond donors (Lipinski definition) is 0. The highest BCUT2D eigenvalue weighted by Crippen LogP contribution is 2.40. The van der Waals surface area contributed by atoms with Gasteiger partial charge >= 0.3 is 6.18 Å². The Morgan fingerprint density at radius 3 is 2.38 bits per heavy atom. The molecule has 3 nitrogen and oxygen atoms in total. The van der Waals surface area contributed by atoms with Gasteiger partial charge in [-0.3, -0.25) is 9.78 Å². The predicted octanol–water partition coefficient (Wildman–Crippen LogP) is 5.25. The number of likely N-dealkylation sites (tertiary alicyclic amines) is 1. The Kier molecular flexibility index (Phi) is 6.30. The molecule has 1 amide bonds. The first-order valence-corrected chi connectivity index (χ1v) is 10.0. The number of aromatic nitrogens is 1. The molecule has 0 spiro atoms. The first-order chi connectivity index (χ1) is 13.7. The fourth-order valence-corrected chi connectivity index (χ4v) is 4.12. The van der Waals surface area contributed by atoms with Crippen LogP contribution in [0.1, 0.15) is 49.9 Å². The van der Waals surface area contributed by atoms with Crippen molar-refractivity contribution < 1.29 is 18.0 Å². The molecule has 0 unspecified atom stereocenters. The lowest BCUT2D eigenvalue weighted by atomic mass is 9.69. The maximum atomic E-state index is 13.1. The van der Waals surface area contributed by atoms with Gasteiger partial charge in [0.05, 0.1) is 5.56 Å². The van der Waals surface area contributed by atoms with Crippen LogP contribution in [0.15, 0.2) is 48.7 Å². The molecule has 2 aromatic rings. The summed E-state index contributed by atoms with van der Waals surface area (Å²) in [5.41, 5.74) is 0.614. The highest BCUT2D eigenvalue weighted by Gasteiger charge is 2.37. The fourth-order valence-electron chi connectivity index (χ4n) is 4.12. The lowest BCUT2D eigenvalue weighted by Gasteiger charge is -2.41. The standard InChI is InChI=1S/C23H27F3N2O/c1-22(2,18-6-5-7-19(16-18)23(24,25)26)17-11-14-28(15-12-17)21(29)10-9-20-8-3-4-13-27-20/h3-8,13,16-17H,9-12,14-15H2,1-2H3. The molecule has 1 aliphatic rings. The van der Waals surface area contributed by atoms with Crippen molar-refractivity contribution in [3.8, 4) is 0 Å². The van der Waals surface area contributed by atoms with Crippen LogP contribution in [0.25, 0.3) is 0 Å². The third-order valence-electron chi connectivity index (χ3n) is 6.12. The summed E-state index contributed by atoms with van der Waals surface area (Å²) in [5.74, 6) is 0.344. The van der Waals surface area contributed by atoms with E-state index in [1.54, 1.807) is 12.3 Å². The van der Waals surface area contributed by atoms with Gasteiger partial charge in [0.25, 0.3) is 0 Å². The van der Waals surface area contributed by atoms with Crippen molar-refractivity contribution in [3.63, 3.8) is 0 Å². The van der Waals surface area contributed by atoms with E-state index in [0.717, 1.165) is 24.6 Å². The van der Waals surface area contributed by atoms with Gasteiger partial charge in [0.15, 0.2) is 0 Å². The van der Waals surface area contributed by atoms with Crippen LogP contribution in [0.3, 0.4) is 0 Å². The van der Waals surface area contributed by atoms with Crippen molar-refractivity contribution >= 4 is 5.91 Å². The molecule has 1 fully saturated rings. The van der Waals surface area contributed by atoms with Crippen LogP contribution in [-0.2, 0) is 22.8 Å². The van der Waals surface area contributed by atoms with Crippen LogP contribution in [0.2, 0.25) is 0 Å². The Bertz CT molecular complexity index is 826. The number of pyridine rings is 1. The van der Waals surface area contributed by atoms with E-state index >= 15 is 0 Å². The molecule has 0 saturated carbocycles. The highest BCUT2D eigenvalue weighted by molar-refractivity contribution is 5.76. The number of nitrogens with zero attached hydrogens (tertiary/aromatic N) is 2. The third-order valence-corrected chi connectivity index (χ3v) is 6.12. The second kappa shape index (κ2) is 8.56. The van der Waals surface area contributed by atoms with Crippen molar-refractivity contribution in [2.75, 3.05) is 13.1 Å². The first-order valence-electron chi connectivity index (χ1n) is 10.0. The van der Waals surface area contributed by atoms with Crippen LogP contribution >= 0.6 is 0 Å². The van der Waals surface area contributed by atoms with E-state index in [-0.39, 0.29) is 17.2 Å². The molecule has 1 aromatic heterocycles. The molecule has 156 valence electrons. The number of carbonyl (C=O) groups excluding carboxylic acids is 1. The van der Waals surface area contributed by atoms with E-state index in [1.807, 2.05) is 36.9 Å². The summed E-state index contributed by atoms with van der Waals surface area (Å²) in [7, 11) is 0. The van der Waals surface area contributed by atoms with Gasteiger partial charge in [-0.05, 0) is 54.4 Å². The number of halogens is 3. The molecule has 6 heteroatoms. The zero-order chi connectivity index (χ0) is 21.1. The Morgan fingerprint density at radius 2 is 1.76 bits per heavy atom. The van der Waals surface area contributed by atoms with Crippen LogP contribution < -0.4 is 0 Å². The molecule has 1 aromatic carbocycles. The highest BCUT2D eigenvalue weighted by atomic mass is 19.4. The maximum Gasteiger partial charge on any atom is 0.416 e. The molecule has 0 bridgehead atoms. The third kappa shape index (κ3) is 5.17. The summed E-state index contributed by atoms with van der Waals surface area (Å²) in [5, 5.41) is 0. The number of benzene rings is 1. The summed E-state index contributed by atoms with van der Waals surface area (Å²) in [6, 6.07) is 11.3. The summed E-state index contributed by atoms with van der Waals surface area (Å²) in [4.78, 5) is 18.6. The SMILES string of the molecule is CC(C)(c1cccc(C(F)(F)F)c1)C1CCN(C(=O)CCc2ccccn2)CC1. The summed E-state index contributed by atoms with van der Waals surface area (Å²) in [6.07, 6.45) is 0.0157. The number of amides is 1. The summed E-state index contributed by atoms with van der Waals surface area (Å²) in [6.45, 7) is 5.31. The monoisotopic (exact) mass is 404 g/mol. The quantitative estimate of drug-likeness (QED) is 0.682. The zero-order valence-electron chi connectivity index (χ0n) is 16.9. The number of hydrogen-bond acceptors (Lipinski definition) is 2. The minimum absolute atomic E-state index is 0.117. The van der Waals surface area contributed by atoms with Gasteiger partial charge < -0.3 is 4.90 Å². The van der Waals surface area contributed by atoms with Crippen LogP contribution in [0.5, 0.6) is 0 Å². The summed E-state index contributed by atoms with van der Waals surface area (Å²) >= 11 is 0. The molecule has 0 N–H and O–H groups in total. The molecule has 2 heterocycles. The molecule has 3 rings (SSSR count). The predicted molar refractivity (Wildman–Crippen MR) is 106 cm³/mol. The van der Waals surface area contributed by atoms with E-state index in [0.29, 0.717) is 31.5 Å². The molecular formula is C23H27F3N2O. The van der Waals surface area contributed by atoms with Crippen molar-refractivity contribution in [3.05, 3.63) is 65.5 Å². The Balaban J connectivity index is 1.58. The summed E-state index contributed by atoms with van der Waals surface area (Å²) < 4.78 is 39.3. The van der Waals surface area contributed by atoms with Crippen molar-refractivity contribution in [1.82, 2.24) is 9.88 Å². The molecule has 0 aliphatic carbocycles. The topological polar surface area (TPSA) is 33.2 Å². The zero-order valence-corrected chi connectivity index (χ0v) is 16.9. The number of carbonyl (C=O) groups is 1. The van der Waals surface area contributed by atoms with Crippen molar-refractivity contribution in [2.24, 2.45) is 5.92 Å². The van der Waals surface area contributed by atoms with Gasteiger partial charge in [-0.25, -0.2) is 0 Å². The second-order valence-corrected chi connectivity index (χ2v) is 8.28. The van der Waals surface area contributed by atoms with Gasteiger partial charge in [0, 0.05) is 31.4 Å². The van der Waals surface area contributed by atoms with Crippen LogP contribution in [0, 0.1) is 5.92 Å². The smallest absolute Gasteiger partial charge is 0.343 e. The Labute approximate surface area is 169 Å². The normalized spacial score (nSPS) is 16.1. The van der Waals surface area contributed by atoms with Gasteiger partial charge in [-0.2, -0.15) is 13.2 Å². The van der Waals surface area contributed by atoms with Gasteiger partial charge in [-0.15, -0.1) is 0 Å². The maximum absolute atomic E-state index is 13.1. The first kappa shape index (κ1) is 21.3. The number of piperidine rings is 1. The second-order valence-electron chi connectivity index (χ2n) is 8.28. The van der Waals surface area contributed by atoms with Gasteiger partial charge in [-0.1, -0.05) is 38.1 Å². The minimum atomic E-state index is -4.34. The van der Waals surface area contributed by atoms with E-state index in [2.05, 4.69) is 4.98 Å². The number of rotatable bonds is 5. The van der Waals surface area contributed by atoms with E-state index in [4.69, 9.17) is 0 Å². The minimum Gasteiger partial charge on any atom is -0.343 e. The number of alkyl halides is 3. The Hall–Kier alpha value is -2.37. The van der Waals surface area contributed by atoms with E-state index < -0.39 is 11.7 Å². The molecular weight excluding hydrogens is 377 g/mol. The number of aryl methyl sites for hydroxylation is 1. The van der Waals surface area contributed by atoms with Crippen molar-refractivity contribution in [1.29, 1.82) is 0 Å². The van der Waals surface area contributed by atoms with Gasteiger partial charge in [0.1, 0.15) is 0 Å². The average Bonchev–Trinajstić information content (AvgIpc) is 2.72. The fraction of sp³-hybridized carbons (Fsp3) is 0.478.